The summed E-state index contributed by atoms with van der Waals surface area (Å²) in [6, 6.07) is 13.1. The number of para-hydroxylation sites is 2. The molecule has 0 aliphatic rings. The van der Waals surface area contributed by atoms with Crippen LogP contribution in [0.4, 0.5) is 4.39 Å². The van der Waals surface area contributed by atoms with Crippen LogP contribution in [0.2, 0.25) is 0 Å². The lowest BCUT2D eigenvalue weighted by Crippen LogP contribution is -2.05. The Hall–Kier alpha value is -2.20. The molecule has 0 radical (unpaired) electrons. The highest BCUT2D eigenvalue weighted by Crippen LogP contribution is 2.19. The molecule has 1 heterocycles. The van der Waals surface area contributed by atoms with Crippen LogP contribution in [0, 0.1) is 12.7 Å². The minimum absolute atomic E-state index is 0.217. The van der Waals surface area contributed by atoms with E-state index in [0.29, 0.717) is 18.7 Å². The number of imidazole rings is 1. The highest BCUT2D eigenvalue weighted by atomic mass is 19.1. The molecule has 0 unspecified atom stereocenters. The Morgan fingerprint density at radius 3 is 2.75 bits per heavy atom. The first kappa shape index (κ1) is 12.8. The molecule has 3 nitrogen and oxygen atoms in total. The Labute approximate surface area is 116 Å². The zero-order chi connectivity index (χ0) is 14.1. The monoisotopic (exact) mass is 269 g/mol. The van der Waals surface area contributed by atoms with E-state index in [9.17, 15) is 4.39 Å². The van der Waals surface area contributed by atoms with E-state index in [-0.39, 0.29) is 5.82 Å². The van der Waals surface area contributed by atoms with Crippen LogP contribution in [0.15, 0.2) is 42.5 Å². The third kappa shape index (κ3) is 2.18. The summed E-state index contributed by atoms with van der Waals surface area (Å²) in [4.78, 5) is 4.49. The van der Waals surface area contributed by atoms with Crippen molar-refractivity contribution in [2.45, 2.75) is 20.0 Å². The second-order valence-electron chi connectivity index (χ2n) is 4.86. The van der Waals surface area contributed by atoms with Gasteiger partial charge in [-0.1, -0.05) is 24.3 Å². The summed E-state index contributed by atoms with van der Waals surface area (Å²) >= 11 is 0. The molecule has 1 aromatic heterocycles. The molecule has 0 saturated carbocycles. The maximum absolute atomic E-state index is 14.1. The van der Waals surface area contributed by atoms with Crippen LogP contribution in [-0.4, -0.2) is 9.55 Å². The van der Waals surface area contributed by atoms with Crippen molar-refractivity contribution in [3.8, 4) is 0 Å². The van der Waals surface area contributed by atoms with Gasteiger partial charge in [0.25, 0.3) is 0 Å². The molecule has 0 fully saturated rings. The smallest absolute Gasteiger partial charge is 0.128 e. The standard InChI is InChI=1S/C16H16FN3/c1-11-19-15-4-2-3-5-16(15)20(11)10-13-7-6-12(9-18)8-14(13)17/h2-8H,9-10,18H2,1H3. The number of nitrogens with zero attached hydrogens (tertiary/aromatic N) is 2. The average molecular weight is 269 g/mol. The van der Waals surface area contributed by atoms with E-state index in [4.69, 9.17) is 5.73 Å². The molecule has 2 aromatic carbocycles. The van der Waals surface area contributed by atoms with Gasteiger partial charge in [-0.15, -0.1) is 0 Å². The quantitative estimate of drug-likeness (QED) is 0.794. The van der Waals surface area contributed by atoms with Crippen molar-refractivity contribution in [3.05, 3.63) is 65.2 Å². The van der Waals surface area contributed by atoms with E-state index in [2.05, 4.69) is 4.98 Å². The Balaban J connectivity index is 2.03. The van der Waals surface area contributed by atoms with E-state index in [1.54, 1.807) is 6.07 Å². The van der Waals surface area contributed by atoms with Crippen LogP contribution in [0.25, 0.3) is 11.0 Å². The van der Waals surface area contributed by atoms with Crippen molar-refractivity contribution < 1.29 is 4.39 Å². The number of rotatable bonds is 3. The van der Waals surface area contributed by atoms with Crippen molar-refractivity contribution in [3.63, 3.8) is 0 Å². The van der Waals surface area contributed by atoms with E-state index >= 15 is 0 Å². The Morgan fingerprint density at radius 2 is 2.00 bits per heavy atom. The summed E-state index contributed by atoms with van der Waals surface area (Å²) in [5, 5.41) is 0. The molecule has 102 valence electrons. The molecule has 3 aromatic rings. The summed E-state index contributed by atoms with van der Waals surface area (Å²) in [5.41, 5.74) is 8.93. The summed E-state index contributed by atoms with van der Waals surface area (Å²) in [6.07, 6.45) is 0. The highest BCUT2D eigenvalue weighted by Gasteiger charge is 2.10. The maximum atomic E-state index is 14.1. The molecule has 0 saturated heterocycles. The number of benzene rings is 2. The van der Waals surface area contributed by atoms with Crippen LogP contribution in [-0.2, 0) is 13.1 Å². The minimum atomic E-state index is -0.217. The van der Waals surface area contributed by atoms with Crippen LogP contribution in [0.3, 0.4) is 0 Å². The number of halogens is 1. The number of fused-ring (bicyclic) bond motifs is 1. The van der Waals surface area contributed by atoms with Crippen molar-refractivity contribution in [1.82, 2.24) is 9.55 Å². The molecule has 0 spiro atoms. The molecule has 0 amide bonds. The SMILES string of the molecule is Cc1nc2ccccc2n1Cc1ccc(CN)cc1F. The van der Waals surface area contributed by atoms with Gasteiger partial charge in [0.1, 0.15) is 11.6 Å². The lowest BCUT2D eigenvalue weighted by atomic mass is 10.1. The van der Waals surface area contributed by atoms with E-state index in [1.165, 1.54) is 6.07 Å². The van der Waals surface area contributed by atoms with Gasteiger partial charge in [0.2, 0.25) is 0 Å². The van der Waals surface area contributed by atoms with Gasteiger partial charge in [-0.3, -0.25) is 0 Å². The van der Waals surface area contributed by atoms with Crippen LogP contribution >= 0.6 is 0 Å². The summed E-state index contributed by atoms with van der Waals surface area (Å²) in [7, 11) is 0. The van der Waals surface area contributed by atoms with Crippen LogP contribution in [0.1, 0.15) is 17.0 Å². The van der Waals surface area contributed by atoms with Gasteiger partial charge in [-0.05, 0) is 30.7 Å². The Bertz CT molecular complexity index is 762. The maximum Gasteiger partial charge on any atom is 0.128 e. The van der Waals surface area contributed by atoms with Crippen LogP contribution in [0.5, 0.6) is 0 Å². The van der Waals surface area contributed by atoms with Gasteiger partial charge < -0.3 is 10.3 Å². The molecule has 0 aliphatic heterocycles. The molecule has 20 heavy (non-hydrogen) atoms. The fourth-order valence-corrected chi connectivity index (χ4v) is 2.41. The number of hydrogen-bond acceptors (Lipinski definition) is 2. The molecular formula is C16H16FN3. The molecule has 4 heteroatoms. The third-order valence-electron chi connectivity index (χ3n) is 3.53. The fourth-order valence-electron chi connectivity index (χ4n) is 2.41. The summed E-state index contributed by atoms with van der Waals surface area (Å²) in [6.45, 7) is 2.76. The Kier molecular flexibility index (Phi) is 3.24. The van der Waals surface area contributed by atoms with Gasteiger partial charge in [0.15, 0.2) is 0 Å². The molecule has 0 bridgehead atoms. The first-order valence-corrected chi connectivity index (χ1v) is 6.58. The predicted octanol–water partition coefficient (Wildman–Crippen LogP) is 2.99. The van der Waals surface area contributed by atoms with Gasteiger partial charge in [-0.25, -0.2) is 9.37 Å². The summed E-state index contributed by atoms with van der Waals surface area (Å²) < 4.78 is 16.1. The minimum Gasteiger partial charge on any atom is -0.326 e. The summed E-state index contributed by atoms with van der Waals surface area (Å²) in [5.74, 6) is 0.665. The lowest BCUT2D eigenvalue weighted by molar-refractivity contribution is 0.597. The normalized spacial score (nSPS) is 11.2. The van der Waals surface area contributed by atoms with Gasteiger partial charge >= 0.3 is 0 Å². The molecule has 3 rings (SSSR count). The number of nitrogens with two attached hydrogens (primary N) is 1. The zero-order valence-corrected chi connectivity index (χ0v) is 11.3. The molecular weight excluding hydrogens is 253 g/mol. The number of aromatic nitrogens is 2. The van der Waals surface area contributed by atoms with Gasteiger partial charge in [0, 0.05) is 12.1 Å². The largest absolute Gasteiger partial charge is 0.326 e. The average Bonchev–Trinajstić information content (AvgIpc) is 2.77. The fraction of sp³-hybridized carbons (Fsp3) is 0.188. The number of aryl methyl sites for hydroxylation is 1. The molecule has 2 N–H and O–H groups in total. The van der Waals surface area contributed by atoms with Crippen molar-refractivity contribution in [1.29, 1.82) is 0 Å². The Morgan fingerprint density at radius 1 is 1.20 bits per heavy atom. The van der Waals surface area contributed by atoms with E-state index in [1.807, 2.05) is 41.8 Å². The second kappa shape index (κ2) is 5.06. The van der Waals surface area contributed by atoms with Crippen molar-refractivity contribution >= 4 is 11.0 Å². The van der Waals surface area contributed by atoms with E-state index < -0.39 is 0 Å². The second-order valence-corrected chi connectivity index (χ2v) is 4.86. The first-order chi connectivity index (χ1) is 9.69. The first-order valence-electron chi connectivity index (χ1n) is 6.58. The third-order valence-corrected chi connectivity index (χ3v) is 3.53. The van der Waals surface area contributed by atoms with Crippen LogP contribution < -0.4 is 5.73 Å². The number of hydrogen-bond donors (Lipinski definition) is 1. The van der Waals surface area contributed by atoms with Crippen molar-refractivity contribution in [2.75, 3.05) is 0 Å². The highest BCUT2D eigenvalue weighted by molar-refractivity contribution is 5.75. The predicted molar refractivity (Wildman–Crippen MR) is 77.9 cm³/mol. The van der Waals surface area contributed by atoms with Crippen molar-refractivity contribution in [2.24, 2.45) is 5.73 Å². The molecule has 0 atom stereocenters. The van der Waals surface area contributed by atoms with Gasteiger partial charge in [0.05, 0.1) is 17.6 Å². The van der Waals surface area contributed by atoms with Gasteiger partial charge in [-0.2, -0.15) is 0 Å². The lowest BCUT2D eigenvalue weighted by Gasteiger charge is -2.09. The molecule has 0 aliphatic carbocycles. The van der Waals surface area contributed by atoms with E-state index in [0.717, 1.165) is 22.4 Å². The topological polar surface area (TPSA) is 43.8 Å². The zero-order valence-electron chi connectivity index (χ0n) is 11.3.